The number of benzene rings is 1. The summed E-state index contributed by atoms with van der Waals surface area (Å²) in [6, 6.07) is 4.17. The number of hydrazine groups is 1. The van der Waals surface area contributed by atoms with Gasteiger partial charge in [-0.15, -0.1) is 0 Å². The van der Waals surface area contributed by atoms with Crippen LogP contribution in [0.25, 0.3) is 0 Å². The molecule has 0 saturated carbocycles. The lowest BCUT2D eigenvalue weighted by Crippen LogP contribution is -2.40. The van der Waals surface area contributed by atoms with E-state index in [1.807, 2.05) is 0 Å². The van der Waals surface area contributed by atoms with Crippen LogP contribution in [-0.2, 0) is 4.79 Å². The Kier molecular flexibility index (Phi) is 4.74. The van der Waals surface area contributed by atoms with E-state index in [2.05, 4.69) is 23.1 Å². The van der Waals surface area contributed by atoms with Crippen molar-refractivity contribution in [2.24, 2.45) is 0 Å². The number of carbonyl (C=O) groups is 1. The molecule has 0 aromatic heterocycles. The standard InChI is InChI=1S/C13H17ClFN3O/c1-2-3-9-7-12(18-17-9)13(19)16-8-4-5-11(15)10(14)6-8/h4-6,9,12,17-18H,2-3,7H2,1H3,(H,16,19). The van der Waals surface area contributed by atoms with Crippen molar-refractivity contribution in [3.8, 4) is 0 Å². The summed E-state index contributed by atoms with van der Waals surface area (Å²) < 4.78 is 13.0. The second-order valence-electron chi connectivity index (χ2n) is 4.68. The first kappa shape index (κ1) is 14.2. The molecule has 1 saturated heterocycles. The number of rotatable bonds is 4. The quantitative estimate of drug-likeness (QED) is 0.796. The Hall–Kier alpha value is -1.17. The summed E-state index contributed by atoms with van der Waals surface area (Å²) in [6.45, 7) is 2.11. The highest BCUT2D eigenvalue weighted by Crippen LogP contribution is 2.20. The average Bonchev–Trinajstić information content (AvgIpc) is 2.83. The molecule has 0 spiro atoms. The van der Waals surface area contributed by atoms with Crippen LogP contribution in [0.15, 0.2) is 18.2 Å². The van der Waals surface area contributed by atoms with E-state index < -0.39 is 5.82 Å². The molecule has 1 aromatic rings. The number of anilines is 1. The molecule has 0 bridgehead atoms. The van der Waals surface area contributed by atoms with Crippen LogP contribution in [0.1, 0.15) is 26.2 Å². The zero-order chi connectivity index (χ0) is 13.8. The topological polar surface area (TPSA) is 53.2 Å². The molecule has 1 heterocycles. The van der Waals surface area contributed by atoms with Gasteiger partial charge in [-0.05, 0) is 31.0 Å². The molecular weight excluding hydrogens is 269 g/mol. The third-order valence-electron chi connectivity index (χ3n) is 3.12. The van der Waals surface area contributed by atoms with Crippen molar-refractivity contribution in [3.05, 3.63) is 29.0 Å². The number of carbonyl (C=O) groups excluding carboxylic acids is 1. The highest BCUT2D eigenvalue weighted by Gasteiger charge is 2.28. The fourth-order valence-corrected chi connectivity index (χ4v) is 2.32. The lowest BCUT2D eigenvalue weighted by atomic mass is 10.1. The molecule has 6 heteroatoms. The summed E-state index contributed by atoms with van der Waals surface area (Å²) in [7, 11) is 0. The predicted molar refractivity (Wildman–Crippen MR) is 73.4 cm³/mol. The van der Waals surface area contributed by atoms with Gasteiger partial charge in [0.25, 0.3) is 0 Å². The van der Waals surface area contributed by atoms with Gasteiger partial charge in [-0.1, -0.05) is 24.9 Å². The average molecular weight is 286 g/mol. The van der Waals surface area contributed by atoms with Gasteiger partial charge >= 0.3 is 0 Å². The summed E-state index contributed by atoms with van der Waals surface area (Å²) >= 11 is 5.67. The second-order valence-corrected chi connectivity index (χ2v) is 5.09. The smallest absolute Gasteiger partial charge is 0.242 e. The van der Waals surface area contributed by atoms with Gasteiger partial charge in [0.2, 0.25) is 5.91 Å². The molecule has 2 atom stereocenters. The highest BCUT2D eigenvalue weighted by molar-refractivity contribution is 6.31. The maximum Gasteiger partial charge on any atom is 0.242 e. The van der Waals surface area contributed by atoms with Gasteiger partial charge in [0.1, 0.15) is 11.9 Å². The number of amides is 1. The van der Waals surface area contributed by atoms with Crippen molar-refractivity contribution in [1.82, 2.24) is 10.9 Å². The minimum atomic E-state index is -0.497. The van der Waals surface area contributed by atoms with Gasteiger partial charge in [0.05, 0.1) is 5.02 Å². The Balaban J connectivity index is 1.92. The maximum atomic E-state index is 13.0. The molecule has 0 aliphatic carbocycles. The van der Waals surface area contributed by atoms with Crippen molar-refractivity contribution < 1.29 is 9.18 Å². The second kappa shape index (κ2) is 6.32. The zero-order valence-electron chi connectivity index (χ0n) is 10.7. The SMILES string of the molecule is CCCC1CC(C(=O)Nc2ccc(F)c(Cl)c2)NN1. The Bertz CT molecular complexity index is 469. The molecule has 1 aliphatic heterocycles. The number of hydrogen-bond acceptors (Lipinski definition) is 3. The van der Waals surface area contributed by atoms with Gasteiger partial charge in [-0.2, -0.15) is 0 Å². The molecule has 1 aliphatic rings. The van der Waals surface area contributed by atoms with E-state index in [1.54, 1.807) is 0 Å². The first-order chi connectivity index (χ1) is 9.10. The molecular formula is C13H17ClFN3O. The molecule has 1 aromatic carbocycles. The van der Waals surface area contributed by atoms with Crippen molar-refractivity contribution in [1.29, 1.82) is 0 Å². The van der Waals surface area contributed by atoms with Crippen LogP contribution in [0.5, 0.6) is 0 Å². The molecule has 0 radical (unpaired) electrons. The minimum absolute atomic E-state index is 0.000773. The highest BCUT2D eigenvalue weighted by atomic mass is 35.5. The van der Waals surface area contributed by atoms with E-state index in [0.717, 1.165) is 19.3 Å². The van der Waals surface area contributed by atoms with E-state index in [9.17, 15) is 9.18 Å². The Labute approximate surface area is 116 Å². The molecule has 104 valence electrons. The van der Waals surface area contributed by atoms with Crippen molar-refractivity contribution in [2.75, 3.05) is 5.32 Å². The normalized spacial score (nSPS) is 22.5. The lowest BCUT2D eigenvalue weighted by molar-refractivity contribution is -0.117. The maximum absolute atomic E-state index is 13.0. The minimum Gasteiger partial charge on any atom is -0.325 e. The van der Waals surface area contributed by atoms with Crippen LogP contribution >= 0.6 is 11.6 Å². The van der Waals surface area contributed by atoms with Crippen molar-refractivity contribution in [3.63, 3.8) is 0 Å². The fraction of sp³-hybridized carbons (Fsp3) is 0.462. The van der Waals surface area contributed by atoms with Gasteiger partial charge in [-0.25, -0.2) is 9.82 Å². The van der Waals surface area contributed by atoms with E-state index in [0.29, 0.717) is 11.7 Å². The Morgan fingerprint density at radius 2 is 2.32 bits per heavy atom. The van der Waals surface area contributed by atoms with Crippen LogP contribution in [0, 0.1) is 5.82 Å². The van der Waals surface area contributed by atoms with Crippen LogP contribution in [0.4, 0.5) is 10.1 Å². The molecule has 3 N–H and O–H groups in total. The van der Waals surface area contributed by atoms with Crippen LogP contribution in [0.2, 0.25) is 5.02 Å². The molecule has 2 unspecified atom stereocenters. The van der Waals surface area contributed by atoms with E-state index >= 15 is 0 Å². The third kappa shape index (κ3) is 3.65. The Morgan fingerprint density at radius 1 is 1.53 bits per heavy atom. The molecule has 1 amide bonds. The van der Waals surface area contributed by atoms with Crippen molar-refractivity contribution >= 4 is 23.2 Å². The lowest BCUT2D eigenvalue weighted by Gasteiger charge is -2.11. The molecule has 2 rings (SSSR count). The van der Waals surface area contributed by atoms with Gasteiger partial charge in [-0.3, -0.25) is 10.2 Å². The summed E-state index contributed by atoms with van der Waals surface area (Å²) in [4.78, 5) is 12.0. The van der Waals surface area contributed by atoms with E-state index in [1.165, 1.54) is 18.2 Å². The van der Waals surface area contributed by atoms with Crippen LogP contribution < -0.4 is 16.2 Å². The van der Waals surface area contributed by atoms with E-state index in [4.69, 9.17) is 11.6 Å². The monoisotopic (exact) mass is 285 g/mol. The molecule has 4 nitrogen and oxygen atoms in total. The first-order valence-electron chi connectivity index (χ1n) is 6.37. The molecule has 1 fully saturated rings. The van der Waals surface area contributed by atoms with Crippen LogP contribution in [-0.4, -0.2) is 18.0 Å². The summed E-state index contributed by atoms with van der Waals surface area (Å²) in [5.41, 5.74) is 6.56. The third-order valence-corrected chi connectivity index (χ3v) is 3.41. The number of hydrogen-bond donors (Lipinski definition) is 3. The van der Waals surface area contributed by atoms with Gasteiger partial charge < -0.3 is 5.32 Å². The number of halogens is 2. The van der Waals surface area contributed by atoms with E-state index in [-0.39, 0.29) is 17.0 Å². The first-order valence-corrected chi connectivity index (χ1v) is 6.75. The van der Waals surface area contributed by atoms with Crippen LogP contribution in [0.3, 0.4) is 0 Å². The number of nitrogens with one attached hydrogen (secondary N) is 3. The van der Waals surface area contributed by atoms with Gasteiger partial charge in [0, 0.05) is 11.7 Å². The fourth-order valence-electron chi connectivity index (χ4n) is 2.14. The summed E-state index contributed by atoms with van der Waals surface area (Å²) in [5.74, 6) is -0.642. The molecule has 19 heavy (non-hydrogen) atoms. The van der Waals surface area contributed by atoms with Crippen molar-refractivity contribution in [2.45, 2.75) is 38.3 Å². The summed E-state index contributed by atoms with van der Waals surface area (Å²) in [6.07, 6.45) is 2.84. The Morgan fingerprint density at radius 3 is 3.00 bits per heavy atom. The predicted octanol–water partition coefficient (Wildman–Crippen LogP) is 2.45. The largest absolute Gasteiger partial charge is 0.325 e. The van der Waals surface area contributed by atoms with Gasteiger partial charge in [0.15, 0.2) is 0 Å². The zero-order valence-corrected chi connectivity index (χ0v) is 11.4. The summed E-state index contributed by atoms with van der Waals surface area (Å²) in [5, 5.41) is 2.72.